The molecule has 3 aromatic rings. The molecule has 106 valence electrons. The summed E-state index contributed by atoms with van der Waals surface area (Å²) in [6.45, 7) is 0. The molecule has 3 rings (SSSR count). The van der Waals surface area contributed by atoms with Gasteiger partial charge in [0, 0.05) is 22.4 Å². The average Bonchev–Trinajstić information content (AvgIpc) is 3.06. The standard InChI is InChI=1S/C12H7ClN4O2S2/c13-7-3-6(1-2-10(7)17(18)19)8-4-20-11(15-8)9-5-21-12(14)16-9/h1-5H,(H2,14,16). The first kappa shape index (κ1) is 13.9. The van der Waals surface area contributed by atoms with E-state index in [9.17, 15) is 10.1 Å². The topological polar surface area (TPSA) is 94.9 Å². The molecule has 9 heteroatoms. The molecule has 0 saturated carbocycles. The highest BCUT2D eigenvalue weighted by atomic mass is 35.5. The van der Waals surface area contributed by atoms with Gasteiger partial charge < -0.3 is 5.73 Å². The van der Waals surface area contributed by atoms with Crippen molar-refractivity contribution in [3.8, 4) is 22.0 Å². The Morgan fingerprint density at radius 2 is 1.95 bits per heavy atom. The predicted octanol–water partition coefficient (Wildman–Crippen LogP) is 4.08. The molecular weight excluding hydrogens is 332 g/mol. The fourth-order valence-electron chi connectivity index (χ4n) is 1.72. The van der Waals surface area contributed by atoms with Gasteiger partial charge in [0.15, 0.2) is 5.13 Å². The van der Waals surface area contributed by atoms with Crippen LogP contribution in [0.4, 0.5) is 10.8 Å². The second-order valence-corrected chi connectivity index (χ2v) is 6.19. The molecule has 0 spiro atoms. The lowest BCUT2D eigenvalue weighted by Gasteiger charge is -1.99. The van der Waals surface area contributed by atoms with E-state index in [1.807, 2.05) is 10.8 Å². The highest BCUT2D eigenvalue weighted by Crippen LogP contribution is 2.33. The van der Waals surface area contributed by atoms with E-state index in [4.69, 9.17) is 17.3 Å². The fraction of sp³-hybridized carbons (Fsp3) is 0. The van der Waals surface area contributed by atoms with E-state index in [2.05, 4.69) is 9.97 Å². The Hall–Kier alpha value is -2.03. The van der Waals surface area contributed by atoms with E-state index in [1.54, 1.807) is 6.07 Å². The second-order valence-electron chi connectivity index (χ2n) is 4.03. The van der Waals surface area contributed by atoms with E-state index in [0.29, 0.717) is 10.8 Å². The molecule has 2 N–H and O–H groups in total. The van der Waals surface area contributed by atoms with E-state index < -0.39 is 4.92 Å². The van der Waals surface area contributed by atoms with Crippen LogP contribution < -0.4 is 5.73 Å². The molecule has 0 aliphatic carbocycles. The van der Waals surface area contributed by atoms with Crippen LogP contribution in [0.3, 0.4) is 0 Å². The molecule has 0 atom stereocenters. The van der Waals surface area contributed by atoms with Crippen molar-refractivity contribution in [3.63, 3.8) is 0 Å². The van der Waals surface area contributed by atoms with Crippen molar-refractivity contribution in [2.45, 2.75) is 0 Å². The van der Waals surface area contributed by atoms with Crippen molar-refractivity contribution >= 4 is 45.1 Å². The Bertz CT molecular complexity index is 830. The number of hydrogen-bond acceptors (Lipinski definition) is 7. The number of halogens is 1. The quantitative estimate of drug-likeness (QED) is 0.573. The van der Waals surface area contributed by atoms with E-state index in [0.717, 1.165) is 16.3 Å². The lowest BCUT2D eigenvalue weighted by Crippen LogP contribution is -1.89. The Morgan fingerprint density at radius 1 is 1.19 bits per heavy atom. The van der Waals surface area contributed by atoms with Gasteiger partial charge in [0.1, 0.15) is 15.7 Å². The van der Waals surface area contributed by atoms with Crippen molar-refractivity contribution in [3.05, 3.63) is 44.1 Å². The van der Waals surface area contributed by atoms with Gasteiger partial charge in [-0.3, -0.25) is 10.1 Å². The number of thiazole rings is 2. The van der Waals surface area contributed by atoms with Gasteiger partial charge in [-0.25, -0.2) is 9.97 Å². The second kappa shape index (κ2) is 5.40. The predicted molar refractivity (Wildman–Crippen MR) is 84.7 cm³/mol. The van der Waals surface area contributed by atoms with Crippen LogP contribution in [0.2, 0.25) is 5.02 Å². The number of nitro groups is 1. The molecule has 0 aliphatic rings. The first-order chi connectivity index (χ1) is 10.0. The normalized spacial score (nSPS) is 10.7. The van der Waals surface area contributed by atoms with Crippen LogP contribution in [0.25, 0.3) is 22.0 Å². The number of nitrogen functional groups attached to an aromatic ring is 1. The number of aromatic nitrogens is 2. The van der Waals surface area contributed by atoms with Crippen LogP contribution in [0.1, 0.15) is 0 Å². The summed E-state index contributed by atoms with van der Waals surface area (Å²) < 4.78 is 0. The third-order valence-corrected chi connectivity index (χ3v) is 4.53. The Morgan fingerprint density at radius 3 is 2.57 bits per heavy atom. The molecule has 0 aliphatic heterocycles. The largest absolute Gasteiger partial charge is 0.375 e. The fourth-order valence-corrected chi connectivity index (χ4v) is 3.38. The number of rotatable bonds is 3. The maximum absolute atomic E-state index is 10.7. The van der Waals surface area contributed by atoms with Gasteiger partial charge in [-0.05, 0) is 12.1 Å². The summed E-state index contributed by atoms with van der Waals surface area (Å²) in [5, 5.41) is 15.8. The minimum Gasteiger partial charge on any atom is -0.375 e. The van der Waals surface area contributed by atoms with Crippen molar-refractivity contribution in [2.24, 2.45) is 0 Å². The van der Waals surface area contributed by atoms with Crippen molar-refractivity contribution in [2.75, 3.05) is 5.73 Å². The summed E-state index contributed by atoms with van der Waals surface area (Å²) in [5.41, 5.74) is 7.62. The lowest BCUT2D eigenvalue weighted by molar-refractivity contribution is -0.384. The molecule has 6 nitrogen and oxygen atoms in total. The zero-order chi connectivity index (χ0) is 15.0. The first-order valence-electron chi connectivity index (χ1n) is 5.66. The highest BCUT2D eigenvalue weighted by Gasteiger charge is 2.15. The number of nitro benzene ring substituents is 1. The van der Waals surface area contributed by atoms with Crippen LogP contribution in [0, 0.1) is 10.1 Å². The van der Waals surface area contributed by atoms with Gasteiger partial charge in [0.2, 0.25) is 0 Å². The Kier molecular flexibility index (Phi) is 3.58. The van der Waals surface area contributed by atoms with Gasteiger partial charge in [-0.1, -0.05) is 11.6 Å². The summed E-state index contributed by atoms with van der Waals surface area (Å²) in [6.07, 6.45) is 0. The van der Waals surface area contributed by atoms with Gasteiger partial charge in [0.25, 0.3) is 5.69 Å². The molecular formula is C12H7ClN4O2S2. The highest BCUT2D eigenvalue weighted by molar-refractivity contribution is 7.15. The van der Waals surface area contributed by atoms with Crippen LogP contribution in [0.5, 0.6) is 0 Å². The maximum Gasteiger partial charge on any atom is 0.287 e. The van der Waals surface area contributed by atoms with Crippen LogP contribution in [0.15, 0.2) is 29.0 Å². The molecule has 1 aromatic carbocycles. The van der Waals surface area contributed by atoms with Crippen molar-refractivity contribution < 1.29 is 4.92 Å². The maximum atomic E-state index is 10.7. The van der Waals surface area contributed by atoms with Gasteiger partial charge in [0.05, 0.1) is 10.6 Å². The van der Waals surface area contributed by atoms with E-state index >= 15 is 0 Å². The molecule has 2 heterocycles. The third kappa shape index (κ3) is 2.73. The zero-order valence-electron chi connectivity index (χ0n) is 10.3. The number of anilines is 1. The molecule has 0 radical (unpaired) electrons. The average molecular weight is 339 g/mol. The summed E-state index contributed by atoms with van der Waals surface area (Å²) in [6, 6.07) is 4.53. The smallest absolute Gasteiger partial charge is 0.287 e. The first-order valence-corrected chi connectivity index (χ1v) is 7.79. The van der Waals surface area contributed by atoms with E-state index in [-0.39, 0.29) is 10.7 Å². The summed E-state index contributed by atoms with van der Waals surface area (Å²) >= 11 is 8.69. The van der Waals surface area contributed by atoms with Crippen LogP contribution >= 0.6 is 34.3 Å². The van der Waals surface area contributed by atoms with Gasteiger partial charge in [-0.15, -0.1) is 22.7 Å². The van der Waals surface area contributed by atoms with Crippen molar-refractivity contribution in [1.29, 1.82) is 0 Å². The molecule has 0 amide bonds. The molecule has 0 saturated heterocycles. The summed E-state index contributed by atoms with van der Waals surface area (Å²) in [7, 11) is 0. The molecule has 0 fully saturated rings. The van der Waals surface area contributed by atoms with Gasteiger partial charge >= 0.3 is 0 Å². The molecule has 21 heavy (non-hydrogen) atoms. The molecule has 0 bridgehead atoms. The Balaban J connectivity index is 1.96. The zero-order valence-corrected chi connectivity index (χ0v) is 12.7. The van der Waals surface area contributed by atoms with Crippen LogP contribution in [-0.4, -0.2) is 14.9 Å². The summed E-state index contributed by atoms with van der Waals surface area (Å²) in [5.74, 6) is 0. The van der Waals surface area contributed by atoms with Gasteiger partial charge in [-0.2, -0.15) is 0 Å². The molecule has 2 aromatic heterocycles. The van der Waals surface area contributed by atoms with Crippen LogP contribution in [-0.2, 0) is 0 Å². The number of benzene rings is 1. The Labute approximate surface area is 132 Å². The minimum absolute atomic E-state index is 0.0879. The molecule has 0 unspecified atom stereocenters. The monoisotopic (exact) mass is 338 g/mol. The number of nitrogens with two attached hydrogens (primary N) is 1. The SMILES string of the molecule is Nc1nc(-c2nc(-c3ccc([N+](=O)[O-])c(Cl)c3)cs2)cs1. The number of hydrogen-bond donors (Lipinski definition) is 1. The lowest BCUT2D eigenvalue weighted by atomic mass is 10.1. The summed E-state index contributed by atoms with van der Waals surface area (Å²) in [4.78, 5) is 18.9. The minimum atomic E-state index is -0.517. The van der Waals surface area contributed by atoms with E-state index in [1.165, 1.54) is 34.8 Å². The van der Waals surface area contributed by atoms with Crippen molar-refractivity contribution in [1.82, 2.24) is 9.97 Å². The third-order valence-electron chi connectivity index (χ3n) is 2.69. The number of nitrogens with zero attached hydrogens (tertiary/aromatic N) is 3.